The number of rotatable bonds is 3. The van der Waals surface area contributed by atoms with E-state index in [1.54, 1.807) is 25.1 Å². The number of anilines is 1. The largest absolute Gasteiger partial charge is 0.430 e. The van der Waals surface area contributed by atoms with E-state index in [0.29, 0.717) is 15.7 Å². The summed E-state index contributed by atoms with van der Waals surface area (Å²) in [5.41, 5.74) is 6.67. The summed E-state index contributed by atoms with van der Waals surface area (Å²) in [6.07, 6.45) is 1.44. The monoisotopic (exact) mass is 323 g/mol. The van der Waals surface area contributed by atoms with Gasteiger partial charge in [-0.25, -0.2) is 4.98 Å². The van der Waals surface area contributed by atoms with Gasteiger partial charge in [0.1, 0.15) is 0 Å². The Labute approximate surface area is 117 Å². The maximum absolute atomic E-state index is 11.0. The number of nitrogens with two attached hydrogens (primary N) is 1. The SMILES string of the molecule is Cc1cc(N)cnc1Oc1c(Br)cccc1[N+](=O)[O-]. The van der Waals surface area contributed by atoms with Crippen LogP contribution in [0, 0.1) is 17.0 Å². The molecule has 0 atom stereocenters. The highest BCUT2D eigenvalue weighted by atomic mass is 79.9. The Bertz CT molecular complexity index is 646. The molecular weight excluding hydrogens is 314 g/mol. The fourth-order valence-electron chi connectivity index (χ4n) is 1.53. The first-order chi connectivity index (χ1) is 8.99. The Balaban J connectivity index is 2.46. The summed E-state index contributed by atoms with van der Waals surface area (Å²) < 4.78 is 6.02. The first kappa shape index (κ1) is 13.3. The number of pyridine rings is 1. The van der Waals surface area contributed by atoms with Crippen LogP contribution in [0.5, 0.6) is 11.6 Å². The van der Waals surface area contributed by atoms with E-state index in [9.17, 15) is 10.1 Å². The van der Waals surface area contributed by atoms with Crippen molar-refractivity contribution in [2.75, 3.05) is 5.73 Å². The van der Waals surface area contributed by atoms with E-state index in [-0.39, 0.29) is 17.3 Å². The normalized spacial score (nSPS) is 10.2. The number of nitro groups is 1. The van der Waals surface area contributed by atoms with Gasteiger partial charge in [-0.3, -0.25) is 10.1 Å². The van der Waals surface area contributed by atoms with Crippen LogP contribution >= 0.6 is 15.9 Å². The molecule has 0 fully saturated rings. The number of aryl methyl sites for hydroxylation is 1. The van der Waals surface area contributed by atoms with Crippen LogP contribution in [0.3, 0.4) is 0 Å². The van der Waals surface area contributed by atoms with Crippen molar-refractivity contribution in [2.24, 2.45) is 0 Å². The van der Waals surface area contributed by atoms with Gasteiger partial charge in [0, 0.05) is 11.6 Å². The molecule has 6 nitrogen and oxygen atoms in total. The molecule has 19 heavy (non-hydrogen) atoms. The zero-order chi connectivity index (χ0) is 14.0. The van der Waals surface area contributed by atoms with Crippen molar-refractivity contribution in [1.29, 1.82) is 0 Å². The number of benzene rings is 1. The molecule has 0 unspecified atom stereocenters. The lowest BCUT2D eigenvalue weighted by Crippen LogP contribution is -1.98. The topological polar surface area (TPSA) is 91.3 Å². The zero-order valence-electron chi connectivity index (χ0n) is 9.96. The molecule has 0 amide bonds. The molecule has 0 radical (unpaired) electrons. The Kier molecular flexibility index (Phi) is 3.66. The molecule has 1 aromatic carbocycles. The van der Waals surface area contributed by atoms with Crippen LogP contribution in [-0.2, 0) is 0 Å². The van der Waals surface area contributed by atoms with Gasteiger partial charge in [-0.15, -0.1) is 0 Å². The molecule has 2 N–H and O–H groups in total. The average Bonchev–Trinajstić information content (AvgIpc) is 2.34. The Morgan fingerprint density at radius 1 is 1.47 bits per heavy atom. The maximum Gasteiger partial charge on any atom is 0.312 e. The Morgan fingerprint density at radius 2 is 2.21 bits per heavy atom. The second kappa shape index (κ2) is 5.23. The molecule has 7 heteroatoms. The molecule has 1 heterocycles. The van der Waals surface area contributed by atoms with Gasteiger partial charge in [-0.05, 0) is 35.0 Å². The predicted molar refractivity (Wildman–Crippen MR) is 74.3 cm³/mol. The Morgan fingerprint density at radius 3 is 2.84 bits per heavy atom. The lowest BCUT2D eigenvalue weighted by molar-refractivity contribution is -0.385. The van der Waals surface area contributed by atoms with Crippen LogP contribution in [0.2, 0.25) is 0 Å². The van der Waals surface area contributed by atoms with Gasteiger partial charge >= 0.3 is 5.69 Å². The van der Waals surface area contributed by atoms with Crippen LogP contribution in [0.4, 0.5) is 11.4 Å². The van der Waals surface area contributed by atoms with Crippen LogP contribution in [0.15, 0.2) is 34.9 Å². The first-order valence-electron chi connectivity index (χ1n) is 5.32. The molecule has 0 spiro atoms. The highest BCUT2D eigenvalue weighted by molar-refractivity contribution is 9.10. The number of halogens is 1. The summed E-state index contributed by atoms with van der Waals surface area (Å²) >= 11 is 3.23. The second-order valence-electron chi connectivity index (χ2n) is 3.84. The quantitative estimate of drug-likeness (QED) is 0.690. The highest BCUT2D eigenvalue weighted by Crippen LogP contribution is 2.38. The smallest absolute Gasteiger partial charge is 0.312 e. The van der Waals surface area contributed by atoms with Crippen molar-refractivity contribution in [3.05, 3.63) is 50.6 Å². The van der Waals surface area contributed by atoms with E-state index in [4.69, 9.17) is 10.5 Å². The molecule has 98 valence electrons. The van der Waals surface area contributed by atoms with Crippen LogP contribution < -0.4 is 10.5 Å². The minimum Gasteiger partial charge on any atom is -0.430 e. The number of hydrogen-bond donors (Lipinski definition) is 1. The fraction of sp³-hybridized carbons (Fsp3) is 0.0833. The van der Waals surface area contributed by atoms with E-state index < -0.39 is 4.92 Å². The third-order valence-electron chi connectivity index (χ3n) is 2.39. The minimum atomic E-state index is -0.507. The molecule has 0 bridgehead atoms. The van der Waals surface area contributed by atoms with Gasteiger partial charge in [0.05, 0.1) is 21.3 Å². The summed E-state index contributed by atoms with van der Waals surface area (Å²) in [6, 6.07) is 6.28. The highest BCUT2D eigenvalue weighted by Gasteiger charge is 2.19. The number of ether oxygens (including phenoxy) is 1. The van der Waals surface area contributed by atoms with Gasteiger partial charge < -0.3 is 10.5 Å². The first-order valence-corrected chi connectivity index (χ1v) is 6.11. The van der Waals surface area contributed by atoms with E-state index in [1.807, 2.05) is 0 Å². The molecule has 2 rings (SSSR count). The summed E-state index contributed by atoms with van der Waals surface area (Å²) in [6.45, 7) is 1.77. The van der Waals surface area contributed by atoms with Crippen LogP contribution in [-0.4, -0.2) is 9.91 Å². The van der Waals surface area contributed by atoms with Crippen molar-refractivity contribution < 1.29 is 9.66 Å². The standard InChI is InChI=1S/C12H10BrN3O3/c1-7-5-8(14)6-15-12(7)19-11-9(13)3-2-4-10(11)16(17)18/h2-6H,14H2,1H3. The summed E-state index contributed by atoms with van der Waals surface area (Å²) in [7, 11) is 0. The number of para-hydroxylation sites is 1. The van der Waals surface area contributed by atoms with Crippen molar-refractivity contribution in [3.8, 4) is 11.6 Å². The van der Waals surface area contributed by atoms with Crippen molar-refractivity contribution >= 4 is 27.3 Å². The molecule has 1 aromatic heterocycles. The van der Waals surface area contributed by atoms with E-state index >= 15 is 0 Å². The number of nitrogen functional groups attached to an aromatic ring is 1. The predicted octanol–water partition coefficient (Wildman–Crippen LogP) is 3.44. The van der Waals surface area contributed by atoms with Gasteiger partial charge in [-0.2, -0.15) is 0 Å². The molecule has 0 saturated carbocycles. The van der Waals surface area contributed by atoms with Crippen LogP contribution in [0.25, 0.3) is 0 Å². The van der Waals surface area contributed by atoms with Gasteiger partial charge in [0.15, 0.2) is 0 Å². The molecule has 0 aliphatic heterocycles. The second-order valence-corrected chi connectivity index (χ2v) is 4.69. The van der Waals surface area contributed by atoms with E-state index in [2.05, 4.69) is 20.9 Å². The fourth-order valence-corrected chi connectivity index (χ4v) is 1.97. The van der Waals surface area contributed by atoms with E-state index in [0.717, 1.165) is 0 Å². The molecule has 0 saturated heterocycles. The van der Waals surface area contributed by atoms with Crippen molar-refractivity contribution in [2.45, 2.75) is 6.92 Å². The third-order valence-corrected chi connectivity index (χ3v) is 3.02. The van der Waals surface area contributed by atoms with Gasteiger partial charge in [-0.1, -0.05) is 6.07 Å². The Hall–Kier alpha value is -2.15. The summed E-state index contributed by atoms with van der Waals surface area (Å²) in [5, 5.41) is 11.0. The average molecular weight is 324 g/mol. The lowest BCUT2D eigenvalue weighted by atomic mass is 10.2. The van der Waals surface area contributed by atoms with Gasteiger partial charge in [0.25, 0.3) is 0 Å². The number of hydrogen-bond acceptors (Lipinski definition) is 5. The number of nitro benzene ring substituents is 1. The lowest BCUT2D eigenvalue weighted by Gasteiger charge is -2.09. The maximum atomic E-state index is 11.0. The zero-order valence-corrected chi connectivity index (χ0v) is 11.5. The number of aromatic nitrogens is 1. The molecule has 2 aromatic rings. The minimum absolute atomic E-state index is 0.118. The molecular formula is C12H10BrN3O3. The molecule has 0 aliphatic rings. The van der Waals surface area contributed by atoms with Crippen molar-refractivity contribution in [3.63, 3.8) is 0 Å². The van der Waals surface area contributed by atoms with Crippen molar-refractivity contribution in [1.82, 2.24) is 4.98 Å². The molecule has 0 aliphatic carbocycles. The number of nitrogens with zero attached hydrogens (tertiary/aromatic N) is 2. The van der Waals surface area contributed by atoms with Crippen LogP contribution in [0.1, 0.15) is 5.56 Å². The summed E-state index contributed by atoms with van der Waals surface area (Å²) in [4.78, 5) is 14.5. The van der Waals surface area contributed by atoms with Gasteiger partial charge in [0.2, 0.25) is 11.6 Å². The van der Waals surface area contributed by atoms with E-state index in [1.165, 1.54) is 12.3 Å². The third kappa shape index (κ3) is 2.82. The summed E-state index contributed by atoms with van der Waals surface area (Å²) in [5.74, 6) is 0.400.